The number of esters is 1. The minimum Gasteiger partial charge on any atom is -0.469 e. The van der Waals surface area contributed by atoms with Gasteiger partial charge in [-0.15, -0.1) is 16.4 Å². The largest absolute Gasteiger partial charge is 0.469 e. The van der Waals surface area contributed by atoms with Gasteiger partial charge in [-0.25, -0.2) is 14.1 Å². The molecule has 3 rings (SSSR count). The van der Waals surface area contributed by atoms with Crippen molar-refractivity contribution in [3.05, 3.63) is 53.4 Å². The minimum atomic E-state index is -0.507. The molecule has 0 aliphatic carbocycles. The van der Waals surface area contributed by atoms with E-state index in [1.54, 1.807) is 12.1 Å². The number of carbonyl (C=O) groups is 2. The van der Waals surface area contributed by atoms with E-state index in [0.29, 0.717) is 11.5 Å². The average Bonchev–Trinajstić information content (AvgIpc) is 3.31. The fourth-order valence-corrected chi connectivity index (χ4v) is 2.89. The maximum Gasteiger partial charge on any atom is 0.307 e. The summed E-state index contributed by atoms with van der Waals surface area (Å²) >= 11 is 1.45. The molecule has 0 radical (unpaired) electrons. The molecule has 0 spiro atoms. The van der Waals surface area contributed by atoms with E-state index >= 15 is 0 Å². The van der Waals surface area contributed by atoms with Gasteiger partial charge in [0.25, 0.3) is 5.91 Å². The summed E-state index contributed by atoms with van der Waals surface area (Å²) in [6.45, 7) is 0.116. The van der Waals surface area contributed by atoms with Crippen molar-refractivity contribution in [3.63, 3.8) is 0 Å². The second-order valence-corrected chi connectivity index (χ2v) is 6.15. The molecule has 0 atom stereocenters. The Morgan fingerprint density at radius 1 is 1.27 bits per heavy atom. The first-order valence-corrected chi connectivity index (χ1v) is 8.58. The van der Waals surface area contributed by atoms with E-state index in [1.807, 2.05) is 17.5 Å². The molecule has 1 amide bonds. The van der Waals surface area contributed by atoms with E-state index in [-0.39, 0.29) is 24.6 Å². The first kappa shape index (κ1) is 17.7. The van der Waals surface area contributed by atoms with Crippen LogP contribution in [-0.2, 0) is 9.53 Å². The Labute approximate surface area is 152 Å². The van der Waals surface area contributed by atoms with Gasteiger partial charge < -0.3 is 10.1 Å². The molecule has 3 aromatic rings. The summed E-state index contributed by atoms with van der Waals surface area (Å²) in [5.74, 6) is -0.860. The minimum absolute atomic E-state index is 0.0393. The molecule has 2 heterocycles. The van der Waals surface area contributed by atoms with Crippen LogP contribution < -0.4 is 5.32 Å². The van der Waals surface area contributed by atoms with Crippen molar-refractivity contribution in [2.45, 2.75) is 6.42 Å². The number of halogens is 1. The number of methoxy groups -OCH3 is 1. The van der Waals surface area contributed by atoms with Crippen LogP contribution in [0.2, 0.25) is 0 Å². The zero-order valence-electron chi connectivity index (χ0n) is 13.8. The first-order chi connectivity index (χ1) is 12.6. The number of aromatic nitrogens is 3. The fraction of sp³-hybridized carbons (Fsp3) is 0.176. The number of amides is 1. The zero-order chi connectivity index (χ0) is 18.5. The summed E-state index contributed by atoms with van der Waals surface area (Å²) in [4.78, 5) is 28.5. The summed E-state index contributed by atoms with van der Waals surface area (Å²) < 4.78 is 19.2. The van der Waals surface area contributed by atoms with Crippen LogP contribution in [-0.4, -0.2) is 40.3 Å². The van der Waals surface area contributed by atoms with E-state index < -0.39 is 11.9 Å². The highest BCUT2D eigenvalue weighted by atomic mass is 32.1. The number of benzene rings is 1. The lowest BCUT2D eigenvalue weighted by Crippen LogP contribution is -2.27. The molecule has 0 bridgehead atoms. The summed E-state index contributed by atoms with van der Waals surface area (Å²) in [7, 11) is 1.28. The van der Waals surface area contributed by atoms with Crippen LogP contribution in [0.5, 0.6) is 0 Å². The molecule has 0 saturated carbocycles. The molecular formula is C17H15FN4O3S. The van der Waals surface area contributed by atoms with Crippen molar-refractivity contribution in [1.29, 1.82) is 0 Å². The van der Waals surface area contributed by atoms with Crippen LogP contribution in [0.25, 0.3) is 16.4 Å². The van der Waals surface area contributed by atoms with Crippen LogP contribution in [0.15, 0.2) is 41.8 Å². The Bertz CT molecular complexity index is 907. The van der Waals surface area contributed by atoms with Crippen LogP contribution >= 0.6 is 11.3 Å². The van der Waals surface area contributed by atoms with Crippen molar-refractivity contribution in [2.24, 2.45) is 0 Å². The summed E-state index contributed by atoms with van der Waals surface area (Å²) in [5, 5.41) is 8.71. The van der Waals surface area contributed by atoms with E-state index in [1.165, 1.54) is 35.3 Å². The van der Waals surface area contributed by atoms with Crippen LogP contribution in [0.1, 0.15) is 17.0 Å². The van der Waals surface area contributed by atoms with Gasteiger partial charge in [0.1, 0.15) is 5.82 Å². The molecule has 134 valence electrons. The number of hydrogen-bond donors (Lipinski definition) is 1. The normalized spacial score (nSPS) is 10.5. The Morgan fingerprint density at radius 3 is 2.69 bits per heavy atom. The molecular weight excluding hydrogens is 359 g/mol. The van der Waals surface area contributed by atoms with Gasteiger partial charge >= 0.3 is 5.97 Å². The molecule has 9 heteroatoms. The topological polar surface area (TPSA) is 86.1 Å². The number of thiophene rings is 1. The molecule has 0 aliphatic rings. The molecule has 26 heavy (non-hydrogen) atoms. The number of nitrogens with one attached hydrogen (secondary N) is 1. The van der Waals surface area contributed by atoms with Gasteiger partial charge in [0.15, 0.2) is 5.82 Å². The molecule has 7 nitrogen and oxygen atoms in total. The van der Waals surface area contributed by atoms with Gasteiger partial charge in [-0.2, -0.15) is 0 Å². The molecule has 2 aromatic heterocycles. The third-order valence-corrected chi connectivity index (χ3v) is 4.33. The fourth-order valence-electron chi connectivity index (χ4n) is 2.20. The van der Waals surface area contributed by atoms with Gasteiger partial charge in [-0.3, -0.25) is 9.59 Å². The molecule has 0 unspecified atom stereocenters. The van der Waals surface area contributed by atoms with Crippen LogP contribution in [0.3, 0.4) is 0 Å². The lowest BCUT2D eigenvalue weighted by molar-refractivity contribution is -0.140. The number of hydrogen-bond acceptors (Lipinski definition) is 6. The standard InChI is InChI=1S/C17H15FN4O3S/c1-25-14(23)8-9-19-17(24)15-20-16(13-3-2-10-26-13)22(21-15)12-6-4-11(18)5-7-12/h2-7,10H,8-9H2,1H3,(H,19,24). The highest BCUT2D eigenvalue weighted by molar-refractivity contribution is 7.13. The molecule has 0 saturated heterocycles. The number of nitrogens with zero attached hydrogens (tertiary/aromatic N) is 3. The zero-order valence-corrected chi connectivity index (χ0v) is 14.6. The molecule has 0 aliphatic heterocycles. The Hall–Kier alpha value is -3.07. The Morgan fingerprint density at radius 2 is 2.04 bits per heavy atom. The number of carbonyl (C=O) groups excluding carboxylic acids is 2. The van der Waals surface area contributed by atoms with Crippen molar-refractivity contribution in [3.8, 4) is 16.4 Å². The molecule has 1 N–H and O–H groups in total. The van der Waals surface area contributed by atoms with Gasteiger partial charge in [-0.1, -0.05) is 6.07 Å². The maximum absolute atomic E-state index is 13.2. The van der Waals surface area contributed by atoms with Gasteiger partial charge in [-0.05, 0) is 35.7 Å². The van der Waals surface area contributed by atoms with Crippen molar-refractivity contribution in [2.75, 3.05) is 13.7 Å². The first-order valence-electron chi connectivity index (χ1n) is 7.70. The van der Waals surface area contributed by atoms with Gasteiger partial charge in [0.05, 0.1) is 24.1 Å². The van der Waals surface area contributed by atoms with Crippen molar-refractivity contribution >= 4 is 23.2 Å². The van der Waals surface area contributed by atoms with Gasteiger partial charge in [0.2, 0.25) is 5.82 Å². The Kier molecular flexibility index (Phi) is 5.37. The monoisotopic (exact) mass is 374 g/mol. The van der Waals surface area contributed by atoms with Crippen LogP contribution in [0, 0.1) is 5.82 Å². The molecule has 1 aromatic carbocycles. The summed E-state index contributed by atoms with van der Waals surface area (Å²) in [5.41, 5.74) is 0.580. The number of rotatable bonds is 6. The third kappa shape index (κ3) is 3.94. The third-order valence-electron chi connectivity index (χ3n) is 3.47. The number of ether oxygens (including phenoxy) is 1. The lowest BCUT2D eigenvalue weighted by Gasteiger charge is -2.04. The van der Waals surface area contributed by atoms with Crippen molar-refractivity contribution < 1.29 is 18.7 Å². The summed E-state index contributed by atoms with van der Waals surface area (Å²) in [6, 6.07) is 9.45. The second kappa shape index (κ2) is 7.87. The average molecular weight is 374 g/mol. The van der Waals surface area contributed by atoms with E-state index in [0.717, 1.165) is 4.88 Å². The lowest BCUT2D eigenvalue weighted by atomic mass is 10.3. The van der Waals surface area contributed by atoms with E-state index in [4.69, 9.17) is 0 Å². The second-order valence-electron chi connectivity index (χ2n) is 5.21. The smallest absolute Gasteiger partial charge is 0.307 e. The maximum atomic E-state index is 13.2. The Balaban J connectivity index is 1.88. The van der Waals surface area contributed by atoms with E-state index in [2.05, 4.69) is 20.1 Å². The molecule has 0 fully saturated rings. The highest BCUT2D eigenvalue weighted by Gasteiger charge is 2.19. The van der Waals surface area contributed by atoms with Crippen LogP contribution in [0.4, 0.5) is 4.39 Å². The predicted molar refractivity (Wildman–Crippen MR) is 93.6 cm³/mol. The van der Waals surface area contributed by atoms with E-state index in [9.17, 15) is 14.0 Å². The quantitative estimate of drug-likeness (QED) is 0.670. The van der Waals surface area contributed by atoms with Gasteiger partial charge in [0, 0.05) is 6.54 Å². The SMILES string of the molecule is COC(=O)CCNC(=O)c1nc(-c2cccs2)n(-c2ccc(F)cc2)n1. The predicted octanol–water partition coefficient (Wildman–Crippen LogP) is 2.43. The summed E-state index contributed by atoms with van der Waals surface area (Å²) in [6.07, 6.45) is 0.0543. The highest BCUT2D eigenvalue weighted by Crippen LogP contribution is 2.25. The van der Waals surface area contributed by atoms with Crippen molar-refractivity contribution in [1.82, 2.24) is 20.1 Å².